The van der Waals surface area contributed by atoms with Crippen molar-refractivity contribution < 1.29 is 4.74 Å². The second-order valence-corrected chi connectivity index (χ2v) is 8.75. The lowest BCUT2D eigenvalue weighted by atomic mass is 9.89. The van der Waals surface area contributed by atoms with Crippen LogP contribution in [0.1, 0.15) is 46.7 Å². The summed E-state index contributed by atoms with van der Waals surface area (Å²) in [5.41, 5.74) is 5.44. The van der Waals surface area contributed by atoms with Crippen molar-refractivity contribution in [1.82, 2.24) is 9.78 Å². The summed E-state index contributed by atoms with van der Waals surface area (Å²) < 4.78 is 7.51. The molecule has 1 unspecified atom stereocenters. The molecular formula is C30H32N2O2. The van der Waals surface area contributed by atoms with Crippen LogP contribution < -0.4 is 5.56 Å². The van der Waals surface area contributed by atoms with Crippen LogP contribution in [0.25, 0.3) is 0 Å². The summed E-state index contributed by atoms with van der Waals surface area (Å²) in [6.45, 7) is 3.83. The zero-order chi connectivity index (χ0) is 23.6. The highest BCUT2D eigenvalue weighted by Crippen LogP contribution is 2.26. The molecule has 3 aromatic carbocycles. The third kappa shape index (κ3) is 6.75. The molecule has 4 heteroatoms. The quantitative estimate of drug-likeness (QED) is 0.265. The number of hydrogen-bond acceptors (Lipinski definition) is 3. The topological polar surface area (TPSA) is 44.1 Å². The average Bonchev–Trinajstić information content (AvgIpc) is 2.87. The van der Waals surface area contributed by atoms with Gasteiger partial charge in [0.2, 0.25) is 0 Å². The molecule has 0 N–H and O–H groups in total. The Morgan fingerprint density at radius 3 is 2.15 bits per heavy atom. The monoisotopic (exact) mass is 452 g/mol. The number of hydrogen-bond donors (Lipinski definition) is 0. The molecule has 0 aliphatic rings. The van der Waals surface area contributed by atoms with Crippen molar-refractivity contribution in [2.24, 2.45) is 0 Å². The SMILES string of the molecule is Cc1cc(=O)n(Cc2ccccc2)nc1CC(CCCOCc1ccccc1)c1ccccc1. The smallest absolute Gasteiger partial charge is 0.267 e. The second-order valence-electron chi connectivity index (χ2n) is 8.75. The standard InChI is InChI=1S/C30H32N2O2/c1-24-20-30(33)32(22-25-12-5-2-6-13-25)31-29(24)21-28(27-16-9-4-10-17-27)18-11-19-34-23-26-14-7-3-8-15-26/h2-10,12-17,20,28H,11,18-19,21-23H2,1H3. The molecule has 1 heterocycles. The van der Waals surface area contributed by atoms with Gasteiger partial charge in [-0.3, -0.25) is 4.79 Å². The Bertz CT molecular complexity index is 1210. The first-order chi connectivity index (χ1) is 16.7. The third-order valence-corrected chi connectivity index (χ3v) is 6.13. The first kappa shape index (κ1) is 23.7. The molecule has 0 bridgehead atoms. The molecule has 1 aromatic heterocycles. The van der Waals surface area contributed by atoms with E-state index in [4.69, 9.17) is 9.84 Å². The van der Waals surface area contributed by atoms with Crippen LogP contribution in [-0.2, 0) is 24.3 Å². The first-order valence-electron chi connectivity index (χ1n) is 12.0. The van der Waals surface area contributed by atoms with Crippen LogP contribution in [0.15, 0.2) is 102 Å². The van der Waals surface area contributed by atoms with Crippen molar-refractivity contribution in [2.45, 2.75) is 45.3 Å². The Hall–Kier alpha value is -3.50. The lowest BCUT2D eigenvalue weighted by Gasteiger charge is -2.19. The summed E-state index contributed by atoms with van der Waals surface area (Å²) in [6.07, 6.45) is 2.76. The van der Waals surface area contributed by atoms with Crippen LogP contribution >= 0.6 is 0 Å². The molecular weight excluding hydrogens is 420 g/mol. The van der Waals surface area contributed by atoms with Gasteiger partial charge in [0, 0.05) is 12.7 Å². The molecule has 34 heavy (non-hydrogen) atoms. The van der Waals surface area contributed by atoms with Crippen molar-refractivity contribution in [1.29, 1.82) is 0 Å². The van der Waals surface area contributed by atoms with Crippen molar-refractivity contribution >= 4 is 0 Å². The zero-order valence-electron chi connectivity index (χ0n) is 19.8. The largest absolute Gasteiger partial charge is 0.377 e. The molecule has 0 radical (unpaired) electrons. The van der Waals surface area contributed by atoms with Gasteiger partial charge in [-0.05, 0) is 54.4 Å². The highest BCUT2D eigenvalue weighted by Gasteiger charge is 2.16. The fourth-order valence-corrected chi connectivity index (χ4v) is 4.23. The molecule has 4 rings (SSSR count). The van der Waals surface area contributed by atoms with Gasteiger partial charge in [-0.2, -0.15) is 5.10 Å². The van der Waals surface area contributed by atoms with E-state index >= 15 is 0 Å². The first-order valence-corrected chi connectivity index (χ1v) is 12.0. The maximum Gasteiger partial charge on any atom is 0.267 e. The minimum atomic E-state index is -0.0596. The maximum absolute atomic E-state index is 12.6. The van der Waals surface area contributed by atoms with Gasteiger partial charge in [0.1, 0.15) is 0 Å². The molecule has 0 saturated carbocycles. The maximum atomic E-state index is 12.6. The molecule has 1 atom stereocenters. The summed E-state index contributed by atoms with van der Waals surface area (Å²) >= 11 is 0. The van der Waals surface area contributed by atoms with E-state index in [2.05, 4.69) is 36.4 Å². The normalized spacial score (nSPS) is 11.9. The van der Waals surface area contributed by atoms with Crippen LogP contribution in [0.2, 0.25) is 0 Å². The Morgan fingerprint density at radius 2 is 1.47 bits per heavy atom. The molecule has 0 saturated heterocycles. The number of aromatic nitrogens is 2. The predicted molar refractivity (Wildman–Crippen MR) is 137 cm³/mol. The van der Waals surface area contributed by atoms with Gasteiger partial charge in [-0.25, -0.2) is 4.68 Å². The number of aryl methyl sites for hydroxylation is 1. The highest BCUT2D eigenvalue weighted by atomic mass is 16.5. The van der Waals surface area contributed by atoms with Crippen LogP contribution in [0, 0.1) is 6.92 Å². The lowest BCUT2D eigenvalue weighted by Crippen LogP contribution is -2.25. The van der Waals surface area contributed by atoms with E-state index in [-0.39, 0.29) is 5.56 Å². The average molecular weight is 453 g/mol. The summed E-state index contributed by atoms with van der Waals surface area (Å²) in [7, 11) is 0. The van der Waals surface area contributed by atoms with Gasteiger partial charge in [-0.15, -0.1) is 0 Å². The van der Waals surface area contributed by atoms with Crippen molar-refractivity contribution in [2.75, 3.05) is 6.61 Å². The minimum Gasteiger partial charge on any atom is -0.377 e. The molecule has 0 amide bonds. The minimum absolute atomic E-state index is 0.0596. The van der Waals surface area contributed by atoms with Gasteiger partial charge >= 0.3 is 0 Å². The Labute approximate surface area is 201 Å². The molecule has 0 fully saturated rings. The molecule has 4 aromatic rings. The zero-order valence-corrected chi connectivity index (χ0v) is 19.8. The van der Waals surface area contributed by atoms with E-state index in [1.807, 2.05) is 61.5 Å². The third-order valence-electron chi connectivity index (χ3n) is 6.13. The lowest BCUT2D eigenvalue weighted by molar-refractivity contribution is 0.116. The fourth-order valence-electron chi connectivity index (χ4n) is 4.23. The van der Waals surface area contributed by atoms with Crippen LogP contribution in [0.3, 0.4) is 0 Å². The number of rotatable bonds is 11. The second kappa shape index (κ2) is 12.1. The molecule has 0 aliphatic heterocycles. The van der Waals surface area contributed by atoms with Crippen LogP contribution in [-0.4, -0.2) is 16.4 Å². The van der Waals surface area contributed by atoms with Gasteiger partial charge in [0.05, 0.1) is 18.8 Å². The van der Waals surface area contributed by atoms with E-state index in [9.17, 15) is 4.79 Å². The highest BCUT2D eigenvalue weighted by molar-refractivity contribution is 5.25. The summed E-state index contributed by atoms with van der Waals surface area (Å²) in [5.74, 6) is 0.315. The van der Waals surface area contributed by atoms with E-state index in [1.165, 1.54) is 11.1 Å². The van der Waals surface area contributed by atoms with Gasteiger partial charge in [0.15, 0.2) is 0 Å². The summed E-state index contributed by atoms with van der Waals surface area (Å²) in [5, 5.41) is 4.79. The van der Waals surface area contributed by atoms with Gasteiger partial charge in [0.25, 0.3) is 5.56 Å². The van der Waals surface area contributed by atoms with Crippen LogP contribution in [0.4, 0.5) is 0 Å². The van der Waals surface area contributed by atoms with E-state index in [0.29, 0.717) is 19.1 Å². The van der Waals surface area contributed by atoms with Crippen molar-refractivity contribution in [3.05, 3.63) is 135 Å². The number of nitrogens with zero attached hydrogens (tertiary/aromatic N) is 2. The Morgan fingerprint density at radius 1 is 0.853 bits per heavy atom. The van der Waals surface area contributed by atoms with Crippen molar-refractivity contribution in [3.63, 3.8) is 0 Å². The molecule has 174 valence electrons. The Kier molecular flexibility index (Phi) is 8.42. The van der Waals surface area contributed by atoms with E-state index in [0.717, 1.165) is 42.7 Å². The molecule has 4 nitrogen and oxygen atoms in total. The Balaban J connectivity index is 1.44. The number of ether oxygens (including phenoxy) is 1. The van der Waals surface area contributed by atoms with E-state index in [1.54, 1.807) is 10.7 Å². The van der Waals surface area contributed by atoms with Crippen molar-refractivity contribution in [3.8, 4) is 0 Å². The summed E-state index contributed by atoms with van der Waals surface area (Å²) in [4.78, 5) is 12.6. The number of benzene rings is 3. The molecule has 0 spiro atoms. The fraction of sp³-hybridized carbons (Fsp3) is 0.267. The van der Waals surface area contributed by atoms with Gasteiger partial charge in [-0.1, -0.05) is 91.0 Å². The van der Waals surface area contributed by atoms with Gasteiger partial charge < -0.3 is 4.74 Å². The molecule has 0 aliphatic carbocycles. The van der Waals surface area contributed by atoms with Crippen LogP contribution in [0.5, 0.6) is 0 Å². The summed E-state index contributed by atoms with van der Waals surface area (Å²) in [6, 6.07) is 32.6. The predicted octanol–water partition coefficient (Wildman–Crippen LogP) is 5.92. The van der Waals surface area contributed by atoms with E-state index < -0.39 is 0 Å².